The maximum atomic E-state index is 12.4. The first kappa shape index (κ1) is 20.8. The van der Waals surface area contributed by atoms with Gasteiger partial charge in [0.25, 0.3) is 5.91 Å². The van der Waals surface area contributed by atoms with Crippen molar-refractivity contribution in [1.82, 2.24) is 30.5 Å². The summed E-state index contributed by atoms with van der Waals surface area (Å²) in [7, 11) is 0. The van der Waals surface area contributed by atoms with E-state index in [1.54, 1.807) is 4.68 Å². The number of carbonyl (C=O) groups excluding carboxylic acids is 2. The molecule has 1 aliphatic rings. The van der Waals surface area contributed by atoms with Crippen LogP contribution in [0, 0.1) is 12.8 Å². The number of aromatic nitrogens is 3. The van der Waals surface area contributed by atoms with Crippen LogP contribution in [0.5, 0.6) is 0 Å². The Bertz CT molecular complexity index is 903. The van der Waals surface area contributed by atoms with E-state index >= 15 is 0 Å². The highest BCUT2D eigenvalue weighted by Gasteiger charge is 2.25. The fourth-order valence-corrected chi connectivity index (χ4v) is 3.45. The van der Waals surface area contributed by atoms with E-state index in [1.165, 1.54) is 0 Å². The van der Waals surface area contributed by atoms with Crippen molar-refractivity contribution in [3.05, 3.63) is 40.7 Å². The maximum Gasteiger partial charge on any atom is 0.317 e. The molecule has 2 aromatic rings. The predicted molar refractivity (Wildman–Crippen MR) is 111 cm³/mol. The van der Waals surface area contributed by atoms with Crippen molar-refractivity contribution in [3.63, 3.8) is 0 Å². The summed E-state index contributed by atoms with van der Waals surface area (Å²) >= 11 is 0. The standard InChI is InChI=1S/C21H30N6O2/c1-13(2)11-22-20(28)19-15(5)27(25-24-19)18-8-6-7-16-12-26(10-9-17(16)18)21(29)23-14(3)4/h6-8,13-14H,9-12H2,1-5H3,(H,22,28)(H,23,29). The number of nitrogens with one attached hydrogen (secondary N) is 2. The second-order valence-electron chi connectivity index (χ2n) is 8.23. The topological polar surface area (TPSA) is 92.2 Å². The predicted octanol–water partition coefficient (Wildman–Crippen LogP) is 2.44. The Kier molecular flexibility index (Phi) is 6.20. The quantitative estimate of drug-likeness (QED) is 0.809. The van der Waals surface area contributed by atoms with Crippen LogP contribution in [0.25, 0.3) is 5.69 Å². The third-order valence-electron chi connectivity index (χ3n) is 4.95. The molecule has 2 heterocycles. The minimum absolute atomic E-state index is 0.0444. The summed E-state index contributed by atoms with van der Waals surface area (Å²) in [5.74, 6) is 0.162. The van der Waals surface area contributed by atoms with Crippen molar-refractivity contribution in [1.29, 1.82) is 0 Å². The SMILES string of the molecule is Cc1c(C(=O)NCC(C)C)nnn1-c1cccc2c1CCN(C(=O)NC(C)C)C2. The zero-order valence-corrected chi connectivity index (χ0v) is 17.8. The van der Waals surface area contributed by atoms with E-state index in [0.717, 1.165) is 23.2 Å². The van der Waals surface area contributed by atoms with Gasteiger partial charge in [-0.3, -0.25) is 4.79 Å². The third-order valence-corrected chi connectivity index (χ3v) is 4.95. The van der Waals surface area contributed by atoms with Crippen LogP contribution in [0.15, 0.2) is 18.2 Å². The molecule has 0 spiro atoms. The van der Waals surface area contributed by atoms with E-state index < -0.39 is 0 Å². The molecule has 8 heteroatoms. The first-order chi connectivity index (χ1) is 13.8. The van der Waals surface area contributed by atoms with E-state index in [9.17, 15) is 9.59 Å². The molecule has 1 aromatic carbocycles. The van der Waals surface area contributed by atoms with Crippen LogP contribution in [0.3, 0.4) is 0 Å². The van der Waals surface area contributed by atoms with Gasteiger partial charge in [-0.25, -0.2) is 9.48 Å². The molecule has 0 unspecified atom stereocenters. The normalized spacial score (nSPS) is 13.6. The summed E-state index contributed by atoms with van der Waals surface area (Å²) in [5, 5.41) is 14.2. The van der Waals surface area contributed by atoms with Crippen molar-refractivity contribution < 1.29 is 9.59 Å². The Balaban J connectivity index is 1.84. The summed E-state index contributed by atoms with van der Waals surface area (Å²) in [6.45, 7) is 11.6. The number of hydrogen-bond acceptors (Lipinski definition) is 4. The van der Waals surface area contributed by atoms with Crippen LogP contribution >= 0.6 is 0 Å². The van der Waals surface area contributed by atoms with Gasteiger partial charge in [-0.05, 0) is 50.3 Å². The van der Waals surface area contributed by atoms with Gasteiger partial charge in [-0.2, -0.15) is 0 Å². The molecule has 29 heavy (non-hydrogen) atoms. The van der Waals surface area contributed by atoms with Gasteiger partial charge in [0.15, 0.2) is 5.69 Å². The highest BCUT2D eigenvalue weighted by atomic mass is 16.2. The van der Waals surface area contributed by atoms with Gasteiger partial charge in [-0.1, -0.05) is 31.2 Å². The van der Waals surface area contributed by atoms with E-state index in [1.807, 2.05) is 57.7 Å². The number of amides is 3. The summed E-state index contributed by atoms with van der Waals surface area (Å²) in [4.78, 5) is 26.6. The van der Waals surface area contributed by atoms with Crippen LogP contribution in [-0.2, 0) is 13.0 Å². The van der Waals surface area contributed by atoms with Crippen LogP contribution in [0.4, 0.5) is 4.79 Å². The molecule has 1 aliphatic heterocycles. The van der Waals surface area contributed by atoms with Gasteiger partial charge in [0.2, 0.25) is 0 Å². The highest BCUT2D eigenvalue weighted by molar-refractivity contribution is 5.93. The lowest BCUT2D eigenvalue weighted by atomic mass is 9.98. The van der Waals surface area contributed by atoms with Crippen LogP contribution < -0.4 is 10.6 Å². The maximum absolute atomic E-state index is 12.4. The first-order valence-electron chi connectivity index (χ1n) is 10.1. The van der Waals surface area contributed by atoms with Crippen molar-refractivity contribution in [3.8, 4) is 5.69 Å². The second-order valence-corrected chi connectivity index (χ2v) is 8.23. The number of nitrogens with zero attached hydrogens (tertiary/aromatic N) is 4. The summed E-state index contributed by atoms with van der Waals surface area (Å²) in [6, 6.07) is 6.04. The van der Waals surface area contributed by atoms with Gasteiger partial charge >= 0.3 is 6.03 Å². The van der Waals surface area contributed by atoms with Crippen molar-refractivity contribution in [2.24, 2.45) is 5.92 Å². The molecule has 0 fully saturated rings. The zero-order valence-electron chi connectivity index (χ0n) is 17.8. The monoisotopic (exact) mass is 398 g/mol. The Morgan fingerprint density at radius 3 is 2.66 bits per heavy atom. The number of hydrogen-bond donors (Lipinski definition) is 2. The molecule has 1 aromatic heterocycles. The molecular formula is C21H30N6O2. The number of benzene rings is 1. The average Bonchev–Trinajstić information content (AvgIpc) is 3.05. The Morgan fingerprint density at radius 1 is 1.21 bits per heavy atom. The minimum Gasteiger partial charge on any atom is -0.350 e. The molecule has 3 rings (SSSR count). The number of fused-ring (bicyclic) bond motifs is 1. The molecule has 8 nitrogen and oxygen atoms in total. The fraction of sp³-hybridized carbons (Fsp3) is 0.524. The van der Waals surface area contributed by atoms with Crippen molar-refractivity contribution in [2.75, 3.05) is 13.1 Å². The Labute approximate surface area is 171 Å². The lowest BCUT2D eigenvalue weighted by Gasteiger charge is -2.30. The van der Waals surface area contributed by atoms with Gasteiger partial charge in [-0.15, -0.1) is 5.10 Å². The molecule has 0 saturated carbocycles. The second kappa shape index (κ2) is 8.63. The van der Waals surface area contributed by atoms with E-state index in [-0.39, 0.29) is 18.0 Å². The largest absolute Gasteiger partial charge is 0.350 e. The third kappa shape index (κ3) is 4.58. The van der Waals surface area contributed by atoms with Gasteiger partial charge in [0.1, 0.15) is 0 Å². The first-order valence-corrected chi connectivity index (χ1v) is 10.1. The molecule has 0 saturated heterocycles. The smallest absolute Gasteiger partial charge is 0.317 e. The molecule has 0 aliphatic carbocycles. The van der Waals surface area contributed by atoms with Gasteiger partial charge in [0.05, 0.1) is 11.4 Å². The van der Waals surface area contributed by atoms with Crippen LogP contribution in [-0.4, -0.2) is 51.0 Å². The number of urea groups is 1. The van der Waals surface area contributed by atoms with Crippen molar-refractivity contribution >= 4 is 11.9 Å². The molecule has 3 amide bonds. The molecule has 0 radical (unpaired) electrons. The molecule has 156 valence electrons. The number of carbonyl (C=O) groups is 2. The average molecular weight is 399 g/mol. The van der Waals surface area contributed by atoms with E-state index in [2.05, 4.69) is 20.9 Å². The van der Waals surface area contributed by atoms with E-state index in [4.69, 9.17) is 0 Å². The summed E-state index contributed by atoms with van der Waals surface area (Å²) < 4.78 is 1.73. The molecule has 2 N–H and O–H groups in total. The van der Waals surface area contributed by atoms with Crippen LogP contribution in [0.1, 0.15) is 55.0 Å². The summed E-state index contributed by atoms with van der Waals surface area (Å²) in [5.41, 5.74) is 4.20. The molecule has 0 bridgehead atoms. The summed E-state index contributed by atoms with van der Waals surface area (Å²) in [6.07, 6.45) is 0.727. The van der Waals surface area contributed by atoms with E-state index in [0.29, 0.717) is 36.9 Å². The van der Waals surface area contributed by atoms with Gasteiger partial charge in [0, 0.05) is 25.7 Å². The lowest BCUT2D eigenvalue weighted by molar-refractivity contribution is 0.0943. The zero-order chi connectivity index (χ0) is 21.1. The Hall–Kier alpha value is -2.90. The molecule has 0 atom stereocenters. The minimum atomic E-state index is -0.205. The Morgan fingerprint density at radius 2 is 1.97 bits per heavy atom. The van der Waals surface area contributed by atoms with Crippen LogP contribution in [0.2, 0.25) is 0 Å². The van der Waals surface area contributed by atoms with Gasteiger partial charge < -0.3 is 15.5 Å². The van der Waals surface area contributed by atoms with Crippen molar-refractivity contribution in [2.45, 2.75) is 53.6 Å². The lowest BCUT2D eigenvalue weighted by Crippen LogP contribution is -2.45. The molecular weight excluding hydrogens is 368 g/mol. The highest BCUT2D eigenvalue weighted by Crippen LogP contribution is 2.26. The fourth-order valence-electron chi connectivity index (χ4n) is 3.45. The number of rotatable bonds is 5.